The molecule has 7 rings (SSSR count). The number of fused-ring (bicyclic) bond motifs is 7. The van der Waals surface area contributed by atoms with E-state index in [4.69, 9.17) is 9.05 Å². The van der Waals surface area contributed by atoms with Crippen LogP contribution < -0.4 is 13.5 Å². The molecular weight excluding hydrogens is 800 g/mol. The van der Waals surface area contributed by atoms with Crippen molar-refractivity contribution in [3.63, 3.8) is 0 Å². The molecule has 0 aromatic heterocycles. The molecule has 0 bridgehead atoms. The minimum atomic E-state index is -6.84. The van der Waals surface area contributed by atoms with Gasteiger partial charge in [-0.2, -0.15) is 13.2 Å². The molecule has 288 valence electrons. The summed E-state index contributed by atoms with van der Waals surface area (Å²) in [5.41, 5.74) is -12.8. The van der Waals surface area contributed by atoms with Crippen LogP contribution >= 0.6 is 7.75 Å². The van der Waals surface area contributed by atoms with Crippen LogP contribution in [-0.2, 0) is 40.3 Å². The second kappa shape index (κ2) is 12.9. The Hall–Kier alpha value is -4.29. The normalized spacial score (nSPS) is 16.4. The van der Waals surface area contributed by atoms with Gasteiger partial charge >= 0.3 is 23.3 Å². The first-order valence-electron chi connectivity index (χ1n) is 15.7. The molecule has 0 amide bonds. The number of alkyl halides is 3. The molecule has 0 saturated heterocycles. The van der Waals surface area contributed by atoms with E-state index in [-0.39, 0.29) is 47.9 Å². The fraction of sp³-hybridized carbons (Fsp3) is 0.273. The van der Waals surface area contributed by atoms with Gasteiger partial charge in [0.15, 0.2) is 46.5 Å². The van der Waals surface area contributed by atoms with Crippen molar-refractivity contribution in [2.75, 3.05) is 0 Å². The van der Waals surface area contributed by atoms with Crippen LogP contribution in [0, 0.1) is 58.2 Å². The topological polar surface area (TPSA) is 81.7 Å². The highest BCUT2D eigenvalue weighted by Gasteiger charge is 2.53. The summed E-state index contributed by atoms with van der Waals surface area (Å²) < 4.78 is 241. The van der Waals surface area contributed by atoms with Crippen molar-refractivity contribution in [3.8, 4) is 44.9 Å². The molecule has 0 atom stereocenters. The standard InChI is InChI=1S/C33H19F13NO5PS/c34-21-19(22(35)26(39)29(42)25(21)38)15-9-11-5-1-3-7-13(11)17-18-14-8-4-2-6-12(14)10-16(20-23(36)27(40)30(43)28(41)24(20)37)32(18)52-53(48,51-31(15)17)47-54(49,50)33(44,45)46/h9-10H,1-8H2,(H,47,48). The van der Waals surface area contributed by atoms with E-state index in [1.165, 1.54) is 0 Å². The molecule has 1 aliphatic heterocycles. The lowest BCUT2D eigenvalue weighted by molar-refractivity contribution is -0.0443. The first-order valence-corrected chi connectivity index (χ1v) is 18.7. The molecule has 0 unspecified atom stereocenters. The zero-order valence-electron chi connectivity index (χ0n) is 26.6. The van der Waals surface area contributed by atoms with Gasteiger partial charge in [0.1, 0.15) is 11.5 Å². The van der Waals surface area contributed by atoms with Crippen LogP contribution in [0.15, 0.2) is 12.1 Å². The molecular formula is C33H19F13NO5PS. The summed E-state index contributed by atoms with van der Waals surface area (Å²) in [5, 5.41) is 0. The SMILES string of the molecule is O=P1(NS(=O)(=O)C(F)(F)F)Oc2c(-c3c(F)c(F)c(F)c(F)c3F)cc3c(c2-c2c4c(cc(-c5c(F)c(F)c(F)c(F)c5F)c2O1)CCCC4)CCCC3. The highest BCUT2D eigenvalue weighted by Crippen LogP contribution is 2.63. The van der Waals surface area contributed by atoms with Crippen molar-refractivity contribution in [2.24, 2.45) is 0 Å². The van der Waals surface area contributed by atoms with Crippen LogP contribution in [-0.4, -0.2) is 13.9 Å². The first-order chi connectivity index (χ1) is 25.2. The van der Waals surface area contributed by atoms with Crippen LogP contribution in [0.5, 0.6) is 11.5 Å². The van der Waals surface area contributed by atoms with E-state index in [9.17, 15) is 52.5 Å². The van der Waals surface area contributed by atoms with E-state index < -0.39 is 126 Å². The van der Waals surface area contributed by atoms with Crippen molar-refractivity contribution in [2.45, 2.75) is 56.9 Å². The number of benzene rings is 4. The van der Waals surface area contributed by atoms with Crippen LogP contribution in [0.2, 0.25) is 0 Å². The summed E-state index contributed by atoms with van der Waals surface area (Å²) in [6, 6.07) is 1.67. The fourth-order valence-corrected chi connectivity index (χ4v) is 9.82. The number of hydrogen-bond donors (Lipinski definition) is 1. The lowest BCUT2D eigenvalue weighted by Gasteiger charge is -2.28. The fourth-order valence-electron chi connectivity index (χ4n) is 7.04. The van der Waals surface area contributed by atoms with Gasteiger partial charge in [0.2, 0.25) is 11.6 Å². The summed E-state index contributed by atoms with van der Waals surface area (Å²) in [4.78, 5) is 0. The molecule has 1 heterocycles. The Labute approximate surface area is 295 Å². The van der Waals surface area contributed by atoms with E-state index in [1.54, 1.807) is 0 Å². The quantitative estimate of drug-likeness (QED) is 0.0960. The monoisotopic (exact) mass is 819 g/mol. The third kappa shape index (κ3) is 5.74. The average molecular weight is 820 g/mol. The third-order valence-electron chi connectivity index (χ3n) is 9.37. The number of sulfonamides is 1. The van der Waals surface area contributed by atoms with Crippen molar-refractivity contribution in [3.05, 3.63) is 92.6 Å². The second-order valence-corrected chi connectivity index (χ2v) is 16.1. The molecule has 4 aromatic rings. The van der Waals surface area contributed by atoms with Crippen LogP contribution in [0.25, 0.3) is 33.4 Å². The summed E-state index contributed by atoms with van der Waals surface area (Å²) >= 11 is 0. The van der Waals surface area contributed by atoms with Crippen LogP contribution in [0.4, 0.5) is 57.1 Å². The summed E-state index contributed by atoms with van der Waals surface area (Å²) in [7, 11) is -13.2. The van der Waals surface area contributed by atoms with Gasteiger partial charge in [-0.1, -0.05) is 4.49 Å². The average Bonchev–Trinajstić information content (AvgIpc) is 3.25. The minimum absolute atomic E-state index is 0.0130. The Kier molecular flexibility index (Phi) is 9.08. The Bertz CT molecular complexity index is 2290. The van der Waals surface area contributed by atoms with Gasteiger partial charge in [-0.15, -0.1) is 0 Å². The van der Waals surface area contributed by atoms with Crippen molar-refractivity contribution in [1.29, 1.82) is 0 Å². The van der Waals surface area contributed by atoms with Crippen LogP contribution in [0.3, 0.4) is 0 Å². The van der Waals surface area contributed by atoms with E-state index in [2.05, 4.69) is 0 Å². The summed E-state index contributed by atoms with van der Waals surface area (Å²) in [6.45, 7) is 0. The van der Waals surface area contributed by atoms with Gasteiger partial charge in [0.25, 0.3) is 0 Å². The Morgan fingerprint density at radius 1 is 0.519 bits per heavy atom. The molecule has 2 aliphatic carbocycles. The number of halogens is 13. The highest BCUT2D eigenvalue weighted by molar-refractivity contribution is 7.95. The maximum absolute atomic E-state index is 15.5. The van der Waals surface area contributed by atoms with Gasteiger partial charge < -0.3 is 9.05 Å². The second-order valence-electron chi connectivity index (χ2n) is 12.6. The van der Waals surface area contributed by atoms with Gasteiger partial charge in [0.05, 0.1) is 11.1 Å². The lowest BCUT2D eigenvalue weighted by Crippen LogP contribution is -2.36. The van der Waals surface area contributed by atoms with E-state index in [0.29, 0.717) is 30.2 Å². The van der Waals surface area contributed by atoms with Gasteiger partial charge in [-0.3, -0.25) is 0 Å². The Morgan fingerprint density at radius 2 is 0.833 bits per heavy atom. The number of rotatable bonds is 4. The summed E-state index contributed by atoms with van der Waals surface area (Å²) in [6.07, 6.45) is 1.23. The van der Waals surface area contributed by atoms with Crippen LogP contribution in [0.1, 0.15) is 47.9 Å². The zero-order valence-corrected chi connectivity index (χ0v) is 28.3. The molecule has 0 saturated carbocycles. The van der Waals surface area contributed by atoms with E-state index in [0.717, 1.165) is 12.1 Å². The van der Waals surface area contributed by atoms with Gasteiger partial charge in [-0.05, 0) is 85.8 Å². The molecule has 1 N–H and O–H groups in total. The minimum Gasteiger partial charge on any atom is -0.403 e. The van der Waals surface area contributed by atoms with Gasteiger partial charge in [-0.25, -0.2) is 56.9 Å². The summed E-state index contributed by atoms with van der Waals surface area (Å²) in [5.74, 6) is -27.7. The van der Waals surface area contributed by atoms with E-state index in [1.807, 2.05) is 0 Å². The Morgan fingerprint density at radius 3 is 1.17 bits per heavy atom. The molecule has 54 heavy (non-hydrogen) atoms. The van der Waals surface area contributed by atoms with Crippen molar-refractivity contribution in [1.82, 2.24) is 4.49 Å². The largest absolute Gasteiger partial charge is 0.526 e. The number of aryl methyl sites for hydroxylation is 2. The molecule has 0 radical (unpaired) electrons. The lowest BCUT2D eigenvalue weighted by atomic mass is 9.77. The van der Waals surface area contributed by atoms with E-state index >= 15 is 17.6 Å². The number of nitrogens with one attached hydrogen (secondary N) is 1. The molecule has 6 nitrogen and oxygen atoms in total. The molecule has 21 heteroatoms. The molecule has 0 spiro atoms. The Balaban J connectivity index is 1.72. The van der Waals surface area contributed by atoms with Crippen molar-refractivity contribution < 1.29 is 79.1 Å². The molecule has 4 aromatic carbocycles. The smallest absolute Gasteiger partial charge is 0.403 e. The number of hydrogen-bond acceptors (Lipinski definition) is 5. The maximum Gasteiger partial charge on any atom is 0.526 e. The predicted octanol–water partition coefficient (Wildman–Crippen LogP) is 10.2. The third-order valence-corrected chi connectivity index (χ3v) is 12.7. The van der Waals surface area contributed by atoms with Gasteiger partial charge in [0, 0.05) is 22.3 Å². The molecule has 0 fully saturated rings. The predicted molar refractivity (Wildman–Crippen MR) is 163 cm³/mol. The zero-order chi connectivity index (χ0) is 39.4. The first kappa shape index (κ1) is 38.0. The molecule has 3 aliphatic rings. The van der Waals surface area contributed by atoms with Crippen molar-refractivity contribution >= 4 is 17.8 Å². The maximum atomic E-state index is 15.5. The highest BCUT2D eigenvalue weighted by atomic mass is 32.2.